The number of aliphatic hydroxyl groups is 2. The first-order valence-electron chi connectivity index (χ1n) is 37.0. The van der Waals surface area contributed by atoms with Crippen LogP contribution in [0.3, 0.4) is 0 Å². The van der Waals surface area contributed by atoms with Gasteiger partial charge in [-0.3, -0.25) is 14.4 Å². The van der Waals surface area contributed by atoms with Crippen molar-refractivity contribution in [1.82, 2.24) is 0 Å². The molecule has 0 amide bonds. The van der Waals surface area contributed by atoms with Gasteiger partial charge in [-0.2, -0.15) is 0 Å². The third kappa shape index (κ3) is 52.3. The van der Waals surface area contributed by atoms with Crippen molar-refractivity contribution >= 4 is 23.9 Å². The van der Waals surface area contributed by atoms with E-state index in [1.54, 1.807) is 0 Å². The lowest BCUT2D eigenvalue weighted by atomic mass is 9.98. The number of carboxylic acids is 1. The summed E-state index contributed by atoms with van der Waals surface area (Å²) in [6, 6.07) is 0. The highest BCUT2D eigenvalue weighted by molar-refractivity contribution is 5.74. The summed E-state index contributed by atoms with van der Waals surface area (Å²) >= 11 is 0. The molecule has 0 aromatic heterocycles. The van der Waals surface area contributed by atoms with Gasteiger partial charge in [-0.05, 0) is 57.8 Å². The number of unbranched alkanes of at least 4 members (excludes halogenated alkanes) is 45. The van der Waals surface area contributed by atoms with E-state index >= 15 is 0 Å². The van der Waals surface area contributed by atoms with Gasteiger partial charge in [0.1, 0.15) is 18.8 Å². The van der Waals surface area contributed by atoms with Crippen molar-refractivity contribution in [3.8, 4) is 0 Å². The van der Waals surface area contributed by atoms with Crippen molar-refractivity contribution < 1.29 is 58.2 Å². The third-order valence-electron chi connectivity index (χ3n) is 17.2. The maximum atomic E-state index is 13.3. The number of ether oxygens (including phenoxy) is 5. The maximum absolute atomic E-state index is 13.3. The van der Waals surface area contributed by atoms with Crippen LogP contribution >= 0.6 is 0 Å². The van der Waals surface area contributed by atoms with E-state index in [-0.39, 0.29) is 25.9 Å². The van der Waals surface area contributed by atoms with Gasteiger partial charge in [-0.25, -0.2) is 4.79 Å². The molecule has 0 spiro atoms. The molecular formula is C75H136O12. The Morgan fingerprint density at radius 2 is 0.690 bits per heavy atom. The summed E-state index contributed by atoms with van der Waals surface area (Å²) in [6.45, 7) is 6.05. The molecule has 1 heterocycles. The molecule has 1 saturated heterocycles. The van der Waals surface area contributed by atoms with Gasteiger partial charge in [0.05, 0.1) is 6.61 Å². The Morgan fingerprint density at radius 3 is 1.07 bits per heavy atom. The molecule has 0 bridgehead atoms. The minimum absolute atomic E-state index is 0.0662. The van der Waals surface area contributed by atoms with Crippen molar-refractivity contribution in [2.45, 2.75) is 404 Å². The Morgan fingerprint density at radius 1 is 0.379 bits per heavy atom. The largest absolute Gasteiger partial charge is 0.479 e. The molecule has 1 aliphatic rings. The lowest BCUT2D eigenvalue weighted by molar-refractivity contribution is -0.301. The maximum Gasteiger partial charge on any atom is 0.335 e. The first kappa shape index (κ1) is 82.0. The van der Waals surface area contributed by atoms with Crippen molar-refractivity contribution in [3.63, 3.8) is 0 Å². The molecule has 12 nitrogen and oxygen atoms in total. The van der Waals surface area contributed by atoms with E-state index in [0.29, 0.717) is 19.3 Å². The van der Waals surface area contributed by atoms with E-state index in [9.17, 15) is 34.5 Å². The summed E-state index contributed by atoms with van der Waals surface area (Å²) in [7, 11) is 0. The smallest absolute Gasteiger partial charge is 0.335 e. The Kier molecular flexibility index (Phi) is 59.4. The molecule has 3 N–H and O–H groups in total. The highest BCUT2D eigenvalue weighted by atomic mass is 16.7. The Labute approximate surface area is 533 Å². The molecule has 87 heavy (non-hydrogen) atoms. The molecule has 0 saturated carbocycles. The summed E-state index contributed by atoms with van der Waals surface area (Å²) in [5.41, 5.74) is 0. The molecule has 12 heteroatoms. The standard InChI is InChI=1S/C75H136O12/c1-4-7-10-13-16-19-22-25-28-31-34-37-40-43-46-49-52-55-58-61-67(76)83-64-66(85-68(77)62-59-56-53-50-47-44-41-38-35-32-29-26-23-20-17-14-11-8-5-2)65-84-75-73(71(80)70(79)72(87-75)74(81)82)86-69(78)63-60-57-54-51-48-45-42-39-36-33-30-27-24-21-18-15-12-9-6-3/h16,19,25,28,34,37,66,70-73,75,79-80H,4-15,17-18,20-24,26-27,29-33,35-36,38-65H2,1-3H3,(H,81,82)/b19-16-,28-25-,37-34-. The van der Waals surface area contributed by atoms with Crippen molar-refractivity contribution in [1.29, 1.82) is 0 Å². The second kappa shape index (κ2) is 63.1. The Hall–Kier alpha value is -3.06. The molecule has 0 aromatic rings. The Bertz CT molecular complexity index is 1650. The average molecular weight is 1230 g/mol. The molecule has 0 radical (unpaired) electrons. The highest BCUT2D eigenvalue weighted by Crippen LogP contribution is 2.27. The van der Waals surface area contributed by atoms with Gasteiger partial charge in [0, 0.05) is 19.3 Å². The fourth-order valence-electron chi connectivity index (χ4n) is 11.6. The van der Waals surface area contributed by atoms with Gasteiger partial charge >= 0.3 is 23.9 Å². The van der Waals surface area contributed by atoms with Crippen LogP contribution < -0.4 is 0 Å². The number of allylic oxidation sites excluding steroid dienone is 6. The zero-order chi connectivity index (χ0) is 63.1. The van der Waals surface area contributed by atoms with E-state index in [2.05, 4.69) is 57.2 Å². The topological polar surface area (TPSA) is 175 Å². The van der Waals surface area contributed by atoms with Crippen molar-refractivity contribution in [2.75, 3.05) is 13.2 Å². The molecule has 0 aromatic carbocycles. The number of carbonyl (C=O) groups excluding carboxylic acids is 3. The van der Waals surface area contributed by atoms with E-state index in [4.69, 9.17) is 23.7 Å². The summed E-state index contributed by atoms with van der Waals surface area (Å²) in [5.74, 6) is -3.09. The van der Waals surface area contributed by atoms with Gasteiger partial charge in [0.2, 0.25) is 0 Å². The zero-order valence-electron chi connectivity index (χ0n) is 56.5. The van der Waals surface area contributed by atoms with Crippen molar-refractivity contribution in [3.05, 3.63) is 36.5 Å². The van der Waals surface area contributed by atoms with Crippen LogP contribution in [-0.2, 0) is 42.9 Å². The molecule has 1 rings (SSSR count). The van der Waals surface area contributed by atoms with E-state index in [0.717, 1.165) is 89.9 Å². The van der Waals surface area contributed by atoms with Gasteiger partial charge in [0.25, 0.3) is 0 Å². The van der Waals surface area contributed by atoms with Gasteiger partial charge in [0.15, 0.2) is 24.6 Å². The first-order chi connectivity index (χ1) is 42.6. The number of carbonyl (C=O) groups is 4. The summed E-state index contributed by atoms with van der Waals surface area (Å²) in [4.78, 5) is 51.6. The van der Waals surface area contributed by atoms with Crippen LogP contribution in [0.2, 0.25) is 0 Å². The average Bonchev–Trinajstić information content (AvgIpc) is 2.56. The van der Waals surface area contributed by atoms with Crippen LogP contribution in [0, 0.1) is 0 Å². The predicted molar refractivity (Wildman–Crippen MR) is 359 cm³/mol. The fourth-order valence-corrected chi connectivity index (χ4v) is 11.6. The number of aliphatic carboxylic acids is 1. The van der Waals surface area contributed by atoms with Crippen LogP contribution in [0.4, 0.5) is 0 Å². The molecule has 6 atom stereocenters. The van der Waals surface area contributed by atoms with Crippen LogP contribution in [0.1, 0.15) is 367 Å². The second-order valence-electron chi connectivity index (χ2n) is 25.6. The monoisotopic (exact) mass is 1230 g/mol. The van der Waals surface area contributed by atoms with Gasteiger partial charge < -0.3 is 39.0 Å². The minimum Gasteiger partial charge on any atom is -0.479 e. The van der Waals surface area contributed by atoms with Gasteiger partial charge in [-0.1, -0.05) is 327 Å². The molecule has 508 valence electrons. The van der Waals surface area contributed by atoms with E-state index in [1.807, 2.05) is 0 Å². The molecule has 6 unspecified atom stereocenters. The second-order valence-corrected chi connectivity index (χ2v) is 25.6. The molecule has 1 fully saturated rings. The fraction of sp³-hybridized carbons (Fsp3) is 0.867. The number of hydrogen-bond acceptors (Lipinski definition) is 11. The molecule has 0 aliphatic carbocycles. The lowest BCUT2D eigenvalue weighted by Gasteiger charge is -2.40. The number of aliphatic hydroxyl groups excluding tert-OH is 2. The SMILES string of the molecule is CCCCC/C=C\C/C=C\C/C=C\CCCCCCCCC(=O)OCC(COC1OC(C(=O)O)C(O)C(O)C1OC(=O)CCCCCCCCCCCCCCCCCCCCC)OC(=O)CCCCCCCCCCCCCCCCCCCCC. The summed E-state index contributed by atoms with van der Waals surface area (Å²) in [5, 5.41) is 31.7. The van der Waals surface area contributed by atoms with E-state index < -0.39 is 67.3 Å². The minimum atomic E-state index is -1.90. The van der Waals surface area contributed by atoms with Crippen LogP contribution in [0.5, 0.6) is 0 Å². The Balaban J connectivity index is 2.61. The number of esters is 3. The summed E-state index contributed by atoms with van der Waals surface area (Å²) in [6.07, 6.45) is 65.2. The van der Waals surface area contributed by atoms with Crippen LogP contribution in [0.15, 0.2) is 36.5 Å². The quantitative estimate of drug-likeness (QED) is 0.0228. The zero-order valence-corrected chi connectivity index (χ0v) is 56.5. The third-order valence-corrected chi connectivity index (χ3v) is 17.2. The molecular weight excluding hydrogens is 1090 g/mol. The van der Waals surface area contributed by atoms with Gasteiger partial charge in [-0.15, -0.1) is 0 Å². The van der Waals surface area contributed by atoms with Crippen molar-refractivity contribution in [2.24, 2.45) is 0 Å². The van der Waals surface area contributed by atoms with Crippen LogP contribution in [-0.4, -0.2) is 89.2 Å². The highest BCUT2D eigenvalue weighted by Gasteiger charge is 2.50. The molecule has 1 aliphatic heterocycles. The predicted octanol–water partition coefficient (Wildman–Crippen LogP) is 20.7. The number of carboxylic acid groups (broad SMARTS) is 1. The lowest BCUT2D eigenvalue weighted by Crippen LogP contribution is -2.61. The number of hydrogen-bond donors (Lipinski definition) is 3. The normalized spacial score (nSPS) is 17.5. The van der Waals surface area contributed by atoms with Crippen LogP contribution in [0.25, 0.3) is 0 Å². The van der Waals surface area contributed by atoms with E-state index in [1.165, 1.54) is 218 Å². The first-order valence-corrected chi connectivity index (χ1v) is 37.0. The summed E-state index contributed by atoms with van der Waals surface area (Å²) < 4.78 is 28.7. The number of rotatable bonds is 65.